The van der Waals surface area contributed by atoms with Gasteiger partial charge in [0, 0.05) is 23.7 Å². The van der Waals surface area contributed by atoms with Crippen LogP contribution in [0.1, 0.15) is 42.0 Å². The number of nitrogens with one attached hydrogen (secondary N) is 1. The van der Waals surface area contributed by atoms with Crippen LogP contribution >= 0.6 is 11.6 Å². The number of amides is 2. The molecule has 0 bridgehead atoms. The van der Waals surface area contributed by atoms with Gasteiger partial charge in [-0.15, -0.1) is 10.2 Å². The van der Waals surface area contributed by atoms with E-state index in [4.69, 9.17) is 11.6 Å². The predicted octanol–water partition coefficient (Wildman–Crippen LogP) is 5.51. The zero-order chi connectivity index (χ0) is 21.1. The van der Waals surface area contributed by atoms with Gasteiger partial charge in [0.2, 0.25) is 0 Å². The molecule has 2 heterocycles. The van der Waals surface area contributed by atoms with E-state index >= 15 is 0 Å². The molecule has 0 aliphatic carbocycles. The van der Waals surface area contributed by atoms with Gasteiger partial charge in [-0.3, -0.25) is 4.90 Å². The lowest BCUT2D eigenvalue weighted by atomic mass is 10.1. The number of fused-ring (bicyclic) bond motifs is 1. The number of hydrogen-bond acceptors (Lipinski definition) is 3. The summed E-state index contributed by atoms with van der Waals surface area (Å²) in [5.41, 5.74) is 3.50. The van der Waals surface area contributed by atoms with Gasteiger partial charge >= 0.3 is 6.03 Å². The molecule has 1 aromatic heterocycles. The van der Waals surface area contributed by atoms with E-state index in [2.05, 4.69) is 20.1 Å². The van der Waals surface area contributed by atoms with Gasteiger partial charge in [-0.05, 0) is 56.5 Å². The summed E-state index contributed by atoms with van der Waals surface area (Å²) in [7, 11) is 0. The number of anilines is 2. The fraction of sp³-hybridized carbons (Fsp3) is 0.348. The number of benzene rings is 2. The molecular formula is C23H26ClN5O. The van der Waals surface area contributed by atoms with Crippen molar-refractivity contribution in [1.82, 2.24) is 14.8 Å². The molecule has 1 N–H and O–H groups in total. The van der Waals surface area contributed by atoms with Crippen LogP contribution in [-0.2, 0) is 19.5 Å². The Labute approximate surface area is 181 Å². The molecule has 1 aliphatic rings. The minimum atomic E-state index is -0.227. The first-order chi connectivity index (χ1) is 14.5. The molecule has 0 radical (unpaired) electrons. The fourth-order valence-electron chi connectivity index (χ4n) is 3.79. The minimum absolute atomic E-state index is 0.227. The van der Waals surface area contributed by atoms with Gasteiger partial charge in [-0.25, -0.2) is 4.79 Å². The molecule has 4 rings (SSSR count). The van der Waals surface area contributed by atoms with Crippen molar-refractivity contribution < 1.29 is 4.79 Å². The smallest absolute Gasteiger partial charge is 0.313 e. The van der Waals surface area contributed by atoms with E-state index in [1.807, 2.05) is 56.3 Å². The van der Waals surface area contributed by atoms with Crippen molar-refractivity contribution in [3.8, 4) is 0 Å². The Hall–Kier alpha value is -2.86. The number of carbonyl (C=O) groups is 1. The molecule has 0 fully saturated rings. The lowest BCUT2D eigenvalue weighted by Crippen LogP contribution is -2.36. The number of halogens is 1. The average Bonchev–Trinajstić information content (AvgIpc) is 2.95. The highest BCUT2D eigenvalue weighted by Crippen LogP contribution is 2.29. The number of urea groups is 1. The molecule has 7 heteroatoms. The lowest BCUT2D eigenvalue weighted by Gasteiger charge is -2.25. The van der Waals surface area contributed by atoms with Crippen molar-refractivity contribution in [2.75, 3.05) is 10.2 Å². The third kappa shape index (κ3) is 4.33. The van der Waals surface area contributed by atoms with Crippen molar-refractivity contribution in [3.05, 3.63) is 70.3 Å². The molecule has 2 amide bonds. The second-order valence-electron chi connectivity index (χ2n) is 7.76. The van der Waals surface area contributed by atoms with E-state index in [0.717, 1.165) is 60.0 Å². The fourth-order valence-corrected chi connectivity index (χ4v) is 3.96. The number of carbonyl (C=O) groups excluding carboxylic acids is 1. The second kappa shape index (κ2) is 8.88. The normalized spacial score (nSPS) is 13.4. The maximum absolute atomic E-state index is 13.3. The summed E-state index contributed by atoms with van der Waals surface area (Å²) in [4.78, 5) is 15.0. The van der Waals surface area contributed by atoms with Gasteiger partial charge in [0.05, 0.1) is 12.2 Å². The summed E-state index contributed by atoms with van der Waals surface area (Å²) in [6.45, 7) is 5.16. The summed E-state index contributed by atoms with van der Waals surface area (Å²) < 4.78 is 2.17. The number of rotatable bonds is 4. The van der Waals surface area contributed by atoms with E-state index in [1.54, 1.807) is 4.90 Å². The first-order valence-corrected chi connectivity index (χ1v) is 10.7. The largest absolute Gasteiger partial charge is 0.326 e. The van der Waals surface area contributed by atoms with Crippen LogP contribution in [0.15, 0.2) is 42.5 Å². The number of aromatic nitrogens is 3. The highest BCUT2D eigenvalue weighted by molar-refractivity contribution is 6.31. The Morgan fingerprint density at radius 2 is 1.90 bits per heavy atom. The maximum atomic E-state index is 13.3. The number of aryl methyl sites for hydroxylation is 2. The second-order valence-corrected chi connectivity index (χ2v) is 8.17. The monoisotopic (exact) mass is 423 g/mol. The molecule has 3 aromatic rings. The summed E-state index contributed by atoms with van der Waals surface area (Å²) in [6, 6.07) is 13.1. The van der Waals surface area contributed by atoms with E-state index < -0.39 is 0 Å². The SMILES string of the molecule is Cc1ccc(NC(=O)N(Cc2nnc3n2CCCCC3)c2cccc(Cl)c2C)cc1. The summed E-state index contributed by atoms with van der Waals surface area (Å²) in [6.07, 6.45) is 4.35. The van der Waals surface area contributed by atoms with Crippen molar-refractivity contribution in [3.63, 3.8) is 0 Å². The average molecular weight is 424 g/mol. The predicted molar refractivity (Wildman–Crippen MR) is 120 cm³/mol. The van der Waals surface area contributed by atoms with Crippen LogP contribution in [-0.4, -0.2) is 20.8 Å². The third-order valence-corrected chi connectivity index (χ3v) is 5.97. The zero-order valence-electron chi connectivity index (χ0n) is 17.4. The lowest BCUT2D eigenvalue weighted by molar-refractivity contribution is 0.256. The summed E-state index contributed by atoms with van der Waals surface area (Å²) in [5.74, 6) is 1.80. The van der Waals surface area contributed by atoms with Crippen LogP contribution in [0.4, 0.5) is 16.2 Å². The number of hydrogen-bond donors (Lipinski definition) is 1. The molecule has 0 unspecified atom stereocenters. The van der Waals surface area contributed by atoms with E-state index in [9.17, 15) is 4.79 Å². The van der Waals surface area contributed by atoms with Crippen LogP contribution in [0, 0.1) is 13.8 Å². The van der Waals surface area contributed by atoms with Gasteiger partial charge in [0.15, 0.2) is 5.82 Å². The highest BCUT2D eigenvalue weighted by atomic mass is 35.5. The molecule has 0 atom stereocenters. The van der Waals surface area contributed by atoms with Crippen molar-refractivity contribution in [2.24, 2.45) is 0 Å². The molecule has 0 spiro atoms. The molecule has 6 nitrogen and oxygen atoms in total. The quantitative estimate of drug-likeness (QED) is 0.601. The Morgan fingerprint density at radius 3 is 2.70 bits per heavy atom. The summed E-state index contributed by atoms with van der Waals surface area (Å²) in [5, 5.41) is 12.4. The van der Waals surface area contributed by atoms with Crippen molar-refractivity contribution in [2.45, 2.75) is 52.6 Å². The molecule has 1 aliphatic heterocycles. The van der Waals surface area contributed by atoms with Gasteiger partial charge in [-0.2, -0.15) is 0 Å². The highest BCUT2D eigenvalue weighted by Gasteiger charge is 2.23. The van der Waals surface area contributed by atoms with Gasteiger partial charge < -0.3 is 9.88 Å². The van der Waals surface area contributed by atoms with Crippen LogP contribution < -0.4 is 10.2 Å². The molecule has 2 aromatic carbocycles. The van der Waals surface area contributed by atoms with Gasteiger partial charge in [0.25, 0.3) is 0 Å². The van der Waals surface area contributed by atoms with Crippen LogP contribution in [0.5, 0.6) is 0 Å². The summed E-state index contributed by atoms with van der Waals surface area (Å²) >= 11 is 6.37. The van der Waals surface area contributed by atoms with Crippen LogP contribution in [0.3, 0.4) is 0 Å². The van der Waals surface area contributed by atoms with Crippen molar-refractivity contribution in [1.29, 1.82) is 0 Å². The van der Waals surface area contributed by atoms with E-state index in [1.165, 1.54) is 6.42 Å². The van der Waals surface area contributed by atoms with Crippen LogP contribution in [0.2, 0.25) is 5.02 Å². The first-order valence-electron chi connectivity index (χ1n) is 10.3. The van der Waals surface area contributed by atoms with E-state index in [-0.39, 0.29) is 6.03 Å². The number of nitrogens with zero attached hydrogens (tertiary/aromatic N) is 4. The van der Waals surface area contributed by atoms with Crippen LogP contribution in [0.25, 0.3) is 0 Å². The van der Waals surface area contributed by atoms with Gasteiger partial charge in [0.1, 0.15) is 5.82 Å². The van der Waals surface area contributed by atoms with E-state index in [0.29, 0.717) is 11.6 Å². The third-order valence-electron chi connectivity index (χ3n) is 5.56. The molecular weight excluding hydrogens is 398 g/mol. The first kappa shape index (κ1) is 20.4. The zero-order valence-corrected chi connectivity index (χ0v) is 18.1. The molecule has 0 saturated carbocycles. The Morgan fingerprint density at radius 1 is 1.10 bits per heavy atom. The maximum Gasteiger partial charge on any atom is 0.326 e. The molecule has 30 heavy (non-hydrogen) atoms. The Kier molecular flexibility index (Phi) is 6.04. The van der Waals surface area contributed by atoms with Gasteiger partial charge in [-0.1, -0.05) is 41.8 Å². The molecule has 0 saturated heterocycles. The minimum Gasteiger partial charge on any atom is -0.313 e. The standard InChI is InChI=1S/C23H26ClN5O/c1-16-10-12-18(13-11-16)25-23(30)29(20-8-6-7-19(24)17(20)2)15-22-27-26-21-9-4-3-5-14-28(21)22/h6-8,10-13H,3-5,9,14-15H2,1-2H3,(H,25,30). The Bertz CT molecular complexity index is 1040. The topological polar surface area (TPSA) is 63.1 Å². The Balaban J connectivity index is 1.67. The molecule has 156 valence electrons. The van der Waals surface area contributed by atoms with Crippen molar-refractivity contribution >= 4 is 29.0 Å².